The molecule has 0 unspecified atom stereocenters. The van der Waals surface area contributed by atoms with E-state index < -0.39 is 0 Å². The van der Waals surface area contributed by atoms with Crippen LogP contribution in [0.4, 0.5) is 0 Å². The van der Waals surface area contributed by atoms with E-state index in [2.05, 4.69) is 95.0 Å². The molecule has 0 aliphatic carbocycles. The van der Waals surface area contributed by atoms with Crippen molar-refractivity contribution in [1.82, 2.24) is 15.1 Å². The number of nitrogens with one attached hydrogen (secondary N) is 1. The lowest BCUT2D eigenvalue weighted by molar-refractivity contribution is 0.197. The van der Waals surface area contributed by atoms with Gasteiger partial charge < -0.3 is 15.1 Å². The number of hydrogen-bond donors (Lipinski definition) is 1. The number of nitrogens with zero attached hydrogens (tertiary/aromatic N) is 2. The van der Waals surface area contributed by atoms with Crippen molar-refractivity contribution in [2.24, 2.45) is 5.41 Å². The Morgan fingerprint density at radius 3 is 1.79 bits per heavy atom. The average Bonchev–Trinajstić information content (AvgIpc) is 2.42. The molecule has 0 saturated heterocycles. The summed E-state index contributed by atoms with van der Waals surface area (Å²) in [6.45, 7) is 18.8. The van der Waals surface area contributed by atoms with E-state index in [4.69, 9.17) is 0 Å². The Balaban J connectivity index is 2.38. The summed E-state index contributed by atoms with van der Waals surface area (Å²) < 4.78 is 0. The molecule has 0 aliphatic rings. The van der Waals surface area contributed by atoms with E-state index in [1.54, 1.807) is 0 Å². The summed E-state index contributed by atoms with van der Waals surface area (Å²) in [7, 11) is 4.43. The third kappa shape index (κ3) is 10.1. The summed E-state index contributed by atoms with van der Waals surface area (Å²) in [5.74, 6) is 0. The number of hydrogen-bond acceptors (Lipinski definition) is 3. The van der Waals surface area contributed by atoms with Crippen LogP contribution in [0.25, 0.3) is 0 Å². The van der Waals surface area contributed by atoms with Gasteiger partial charge in [0, 0.05) is 38.3 Å². The monoisotopic (exact) mass is 333 g/mol. The van der Waals surface area contributed by atoms with E-state index in [1.165, 1.54) is 11.1 Å². The lowest BCUT2D eigenvalue weighted by atomic mass is 9.96. The molecular formula is C21H39N3. The van der Waals surface area contributed by atoms with Gasteiger partial charge in [-0.05, 0) is 51.4 Å². The Morgan fingerprint density at radius 1 is 0.792 bits per heavy atom. The molecule has 24 heavy (non-hydrogen) atoms. The standard InChI is InChI=1S/C21H39N3/c1-20(2,3)17-24(8)14-13-23(7)16-19-11-9-18(10-12-19)15-22-21(4,5)6/h9-12,22H,13-17H2,1-8H3. The second kappa shape index (κ2) is 8.98. The van der Waals surface area contributed by atoms with Crippen molar-refractivity contribution >= 4 is 0 Å². The highest BCUT2D eigenvalue weighted by Crippen LogP contribution is 2.14. The molecule has 0 bridgehead atoms. The zero-order valence-corrected chi connectivity index (χ0v) is 17.2. The summed E-state index contributed by atoms with van der Waals surface area (Å²) in [6, 6.07) is 9.01. The molecule has 0 atom stereocenters. The van der Waals surface area contributed by atoms with Gasteiger partial charge in [0.05, 0.1) is 0 Å². The van der Waals surface area contributed by atoms with Crippen molar-refractivity contribution in [2.45, 2.75) is 60.2 Å². The van der Waals surface area contributed by atoms with Crippen LogP contribution in [0.2, 0.25) is 0 Å². The van der Waals surface area contributed by atoms with E-state index in [9.17, 15) is 0 Å². The fraction of sp³-hybridized carbons (Fsp3) is 0.714. The molecule has 138 valence electrons. The van der Waals surface area contributed by atoms with Gasteiger partial charge in [-0.1, -0.05) is 45.0 Å². The Bertz CT molecular complexity index is 465. The Hall–Kier alpha value is -0.900. The normalized spacial score (nSPS) is 13.1. The van der Waals surface area contributed by atoms with Crippen molar-refractivity contribution in [2.75, 3.05) is 33.7 Å². The molecule has 1 rings (SSSR count). The van der Waals surface area contributed by atoms with Gasteiger partial charge in [-0.2, -0.15) is 0 Å². The molecule has 1 N–H and O–H groups in total. The highest BCUT2D eigenvalue weighted by Gasteiger charge is 2.13. The third-order valence-electron chi connectivity index (χ3n) is 3.91. The second-order valence-corrected chi connectivity index (χ2v) is 9.46. The summed E-state index contributed by atoms with van der Waals surface area (Å²) in [5.41, 5.74) is 3.26. The van der Waals surface area contributed by atoms with Crippen LogP contribution in [0.15, 0.2) is 24.3 Å². The minimum absolute atomic E-state index is 0.165. The Kier molecular flexibility index (Phi) is 7.91. The van der Waals surface area contributed by atoms with Crippen LogP contribution in [-0.2, 0) is 13.1 Å². The zero-order valence-electron chi connectivity index (χ0n) is 17.2. The van der Waals surface area contributed by atoms with E-state index in [-0.39, 0.29) is 5.54 Å². The molecular weight excluding hydrogens is 294 g/mol. The second-order valence-electron chi connectivity index (χ2n) is 9.46. The number of likely N-dealkylation sites (N-methyl/N-ethyl adjacent to an activating group) is 2. The first-order chi connectivity index (χ1) is 10.9. The molecule has 1 aromatic rings. The highest BCUT2D eigenvalue weighted by atomic mass is 15.2. The van der Waals surface area contributed by atoms with E-state index in [1.807, 2.05) is 0 Å². The van der Waals surface area contributed by atoms with Gasteiger partial charge in [0.15, 0.2) is 0 Å². The van der Waals surface area contributed by atoms with Crippen LogP contribution >= 0.6 is 0 Å². The number of rotatable bonds is 8. The maximum atomic E-state index is 3.53. The van der Waals surface area contributed by atoms with Crippen molar-refractivity contribution < 1.29 is 0 Å². The molecule has 3 nitrogen and oxygen atoms in total. The van der Waals surface area contributed by atoms with Crippen LogP contribution in [0.3, 0.4) is 0 Å². The lowest BCUT2D eigenvalue weighted by Gasteiger charge is -2.28. The smallest absolute Gasteiger partial charge is 0.0231 e. The first kappa shape index (κ1) is 21.1. The van der Waals surface area contributed by atoms with Gasteiger partial charge in [0.25, 0.3) is 0 Å². The molecule has 3 heteroatoms. The minimum atomic E-state index is 0.165. The van der Waals surface area contributed by atoms with Crippen molar-refractivity contribution in [1.29, 1.82) is 0 Å². The van der Waals surface area contributed by atoms with Crippen LogP contribution in [0.1, 0.15) is 52.7 Å². The van der Waals surface area contributed by atoms with Crippen LogP contribution < -0.4 is 5.32 Å². The maximum absolute atomic E-state index is 3.53. The minimum Gasteiger partial charge on any atom is -0.308 e. The number of benzene rings is 1. The SMILES string of the molecule is CN(CCN(C)CC(C)(C)C)Cc1ccc(CNC(C)(C)C)cc1. The van der Waals surface area contributed by atoms with E-state index in [0.29, 0.717) is 5.41 Å². The average molecular weight is 334 g/mol. The molecule has 0 amide bonds. The van der Waals surface area contributed by atoms with Crippen molar-refractivity contribution in [3.8, 4) is 0 Å². The van der Waals surface area contributed by atoms with E-state index >= 15 is 0 Å². The lowest BCUT2D eigenvalue weighted by Crippen LogP contribution is -2.35. The third-order valence-corrected chi connectivity index (χ3v) is 3.91. The maximum Gasteiger partial charge on any atom is 0.0231 e. The zero-order chi connectivity index (χ0) is 18.4. The van der Waals surface area contributed by atoms with Crippen LogP contribution in [-0.4, -0.2) is 49.1 Å². The molecule has 0 saturated carbocycles. The van der Waals surface area contributed by atoms with Gasteiger partial charge in [-0.15, -0.1) is 0 Å². The molecule has 0 aliphatic heterocycles. The predicted molar refractivity (Wildman–Crippen MR) is 106 cm³/mol. The fourth-order valence-corrected chi connectivity index (χ4v) is 2.75. The van der Waals surface area contributed by atoms with Crippen LogP contribution in [0.5, 0.6) is 0 Å². The summed E-state index contributed by atoms with van der Waals surface area (Å²) >= 11 is 0. The fourth-order valence-electron chi connectivity index (χ4n) is 2.75. The molecule has 0 heterocycles. The van der Waals surface area contributed by atoms with Crippen molar-refractivity contribution in [3.05, 3.63) is 35.4 Å². The predicted octanol–water partition coefficient (Wildman–Crippen LogP) is 3.98. The molecule has 0 radical (unpaired) electrons. The Morgan fingerprint density at radius 2 is 1.29 bits per heavy atom. The van der Waals surface area contributed by atoms with Gasteiger partial charge in [-0.3, -0.25) is 0 Å². The summed E-state index contributed by atoms with van der Waals surface area (Å²) in [5, 5.41) is 3.53. The largest absolute Gasteiger partial charge is 0.308 e. The molecule has 0 aromatic heterocycles. The van der Waals surface area contributed by atoms with Crippen molar-refractivity contribution in [3.63, 3.8) is 0 Å². The molecule has 1 aromatic carbocycles. The van der Waals surface area contributed by atoms with Gasteiger partial charge in [0.2, 0.25) is 0 Å². The first-order valence-electron chi connectivity index (χ1n) is 9.14. The first-order valence-corrected chi connectivity index (χ1v) is 9.14. The summed E-state index contributed by atoms with van der Waals surface area (Å²) in [4.78, 5) is 4.83. The Labute approximate surface area is 150 Å². The van der Waals surface area contributed by atoms with Gasteiger partial charge in [0.1, 0.15) is 0 Å². The van der Waals surface area contributed by atoms with Crippen LogP contribution in [0, 0.1) is 5.41 Å². The highest BCUT2D eigenvalue weighted by molar-refractivity contribution is 5.22. The van der Waals surface area contributed by atoms with Gasteiger partial charge >= 0.3 is 0 Å². The van der Waals surface area contributed by atoms with Gasteiger partial charge in [-0.25, -0.2) is 0 Å². The summed E-state index contributed by atoms with van der Waals surface area (Å²) in [6.07, 6.45) is 0. The van der Waals surface area contributed by atoms with E-state index in [0.717, 1.165) is 32.7 Å². The topological polar surface area (TPSA) is 18.5 Å². The molecule has 0 fully saturated rings. The quantitative estimate of drug-likeness (QED) is 0.776. The molecule has 0 spiro atoms.